The van der Waals surface area contributed by atoms with Gasteiger partial charge in [0.25, 0.3) is 5.91 Å². The van der Waals surface area contributed by atoms with Crippen LogP contribution in [0.1, 0.15) is 67.3 Å². The van der Waals surface area contributed by atoms with Crippen molar-refractivity contribution in [1.82, 2.24) is 15.1 Å². The van der Waals surface area contributed by atoms with Crippen molar-refractivity contribution in [2.75, 3.05) is 39.3 Å². The summed E-state index contributed by atoms with van der Waals surface area (Å²) in [7, 11) is 0. The molecule has 0 atom stereocenters. The van der Waals surface area contributed by atoms with E-state index in [-0.39, 0.29) is 11.8 Å². The van der Waals surface area contributed by atoms with E-state index in [1.54, 1.807) is 0 Å². The van der Waals surface area contributed by atoms with Crippen LogP contribution in [0.3, 0.4) is 0 Å². The molecule has 3 rings (SSSR count). The summed E-state index contributed by atoms with van der Waals surface area (Å²) in [6.07, 6.45) is 7.52. The lowest BCUT2D eigenvalue weighted by molar-refractivity contribution is -0.122. The van der Waals surface area contributed by atoms with Gasteiger partial charge in [-0.05, 0) is 42.9 Å². The first-order valence-corrected chi connectivity index (χ1v) is 10.6. The Morgan fingerprint density at radius 2 is 1.67 bits per heavy atom. The molecule has 0 spiro atoms. The highest BCUT2D eigenvalue weighted by Crippen LogP contribution is 2.32. The lowest BCUT2D eigenvalue weighted by Crippen LogP contribution is -2.51. The van der Waals surface area contributed by atoms with Gasteiger partial charge in [-0.2, -0.15) is 0 Å². The summed E-state index contributed by atoms with van der Waals surface area (Å²) in [5.74, 6) is 0.862. The van der Waals surface area contributed by atoms with Crippen molar-refractivity contribution in [3.8, 4) is 0 Å². The van der Waals surface area contributed by atoms with Crippen LogP contribution in [0.25, 0.3) is 0 Å². The first-order valence-electron chi connectivity index (χ1n) is 10.6. The van der Waals surface area contributed by atoms with Crippen molar-refractivity contribution < 1.29 is 9.59 Å². The maximum atomic E-state index is 12.8. The Bertz CT molecular complexity index is 615. The minimum absolute atomic E-state index is 0.0786. The number of nitrogens with zero attached hydrogens (tertiary/aromatic N) is 2. The highest BCUT2D eigenvalue weighted by atomic mass is 16.2. The van der Waals surface area contributed by atoms with E-state index in [9.17, 15) is 9.59 Å². The minimum atomic E-state index is 0.0786. The Hall–Kier alpha value is -1.88. The molecule has 27 heavy (non-hydrogen) atoms. The Balaban J connectivity index is 1.48. The lowest BCUT2D eigenvalue weighted by Gasteiger charge is -2.34. The summed E-state index contributed by atoms with van der Waals surface area (Å²) in [4.78, 5) is 28.7. The second kappa shape index (κ2) is 9.88. The van der Waals surface area contributed by atoms with Crippen molar-refractivity contribution in [1.29, 1.82) is 0 Å². The molecule has 0 bridgehead atoms. The van der Waals surface area contributed by atoms with Crippen molar-refractivity contribution in [3.63, 3.8) is 0 Å². The average Bonchev–Trinajstić information content (AvgIpc) is 2.73. The van der Waals surface area contributed by atoms with Crippen LogP contribution in [0.4, 0.5) is 0 Å². The van der Waals surface area contributed by atoms with Crippen LogP contribution in [0.2, 0.25) is 0 Å². The highest BCUT2D eigenvalue weighted by molar-refractivity contribution is 5.94. The van der Waals surface area contributed by atoms with E-state index in [4.69, 9.17) is 0 Å². The Labute approximate surface area is 163 Å². The van der Waals surface area contributed by atoms with Gasteiger partial charge in [0.15, 0.2) is 0 Å². The number of benzene rings is 1. The van der Waals surface area contributed by atoms with Crippen LogP contribution in [-0.4, -0.2) is 60.9 Å². The molecule has 1 aromatic carbocycles. The predicted octanol–water partition coefficient (Wildman–Crippen LogP) is 3.02. The van der Waals surface area contributed by atoms with Gasteiger partial charge in [0, 0.05) is 38.3 Å². The Morgan fingerprint density at radius 3 is 2.30 bits per heavy atom. The van der Waals surface area contributed by atoms with Gasteiger partial charge in [0.2, 0.25) is 5.91 Å². The van der Waals surface area contributed by atoms with Crippen LogP contribution in [0, 0.1) is 0 Å². The third-order valence-corrected chi connectivity index (χ3v) is 5.83. The average molecular weight is 372 g/mol. The molecule has 1 aromatic rings. The Morgan fingerprint density at radius 1 is 1.00 bits per heavy atom. The number of nitrogens with one attached hydrogen (secondary N) is 1. The van der Waals surface area contributed by atoms with Crippen LogP contribution in [0.5, 0.6) is 0 Å². The fraction of sp³-hybridized carbons (Fsp3) is 0.636. The molecule has 148 valence electrons. The summed E-state index contributed by atoms with van der Waals surface area (Å²) < 4.78 is 0. The molecule has 1 aliphatic heterocycles. The number of hydrogen-bond donors (Lipinski definition) is 1. The SMILES string of the molecule is CCCNC(=O)CN1CCN(C(=O)c2ccc(C3CCCCC3)cc2)CC1. The summed E-state index contributed by atoms with van der Waals surface area (Å²) in [6.45, 7) is 6.09. The van der Waals surface area contributed by atoms with E-state index in [0.717, 1.165) is 31.6 Å². The third kappa shape index (κ3) is 5.55. The monoisotopic (exact) mass is 371 g/mol. The van der Waals surface area contributed by atoms with Gasteiger partial charge in [0.1, 0.15) is 0 Å². The van der Waals surface area contributed by atoms with E-state index >= 15 is 0 Å². The smallest absolute Gasteiger partial charge is 0.253 e. The number of rotatable bonds is 6. The fourth-order valence-corrected chi connectivity index (χ4v) is 4.15. The van der Waals surface area contributed by atoms with Crippen molar-refractivity contribution in [3.05, 3.63) is 35.4 Å². The molecule has 5 heteroatoms. The molecule has 2 amide bonds. The van der Waals surface area contributed by atoms with Crippen molar-refractivity contribution in [2.24, 2.45) is 0 Å². The number of amides is 2. The minimum Gasteiger partial charge on any atom is -0.355 e. The van der Waals surface area contributed by atoms with E-state index in [1.165, 1.54) is 37.7 Å². The van der Waals surface area contributed by atoms with Crippen molar-refractivity contribution in [2.45, 2.75) is 51.4 Å². The van der Waals surface area contributed by atoms with Crippen LogP contribution in [-0.2, 0) is 4.79 Å². The first kappa shape index (κ1) is 19.9. The van der Waals surface area contributed by atoms with Crippen LogP contribution < -0.4 is 5.32 Å². The van der Waals surface area contributed by atoms with Crippen LogP contribution in [0.15, 0.2) is 24.3 Å². The van der Waals surface area contributed by atoms with Gasteiger partial charge in [-0.1, -0.05) is 38.3 Å². The maximum Gasteiger partial charge on any atom is 0.253 e. The zero-order chi connectivity index (χ0) is 19.1. The molecule has 1 saturated carbocycles. The molecule has 1 saturated heterocycles. The van der Waals surface area contributed by atoms with E-state index < -0.39 is 0 Å². The van der Waals surface area contributed by atoms with Gasteiger partial charge < -0.3 is 10.2 Å². The molecule has 1 aliphatic carbocycles. The first-order chi connectivity index (χ1) is 13.2. The topological polar surface area (TPSA) is 52.7 Å². The highest BCUT2D eigenvalue weighted by Gasteiger charge is 2.23. The largest absolute Gasteiger partial charge is 0.355 e. The van der Waals surface area contributed by atoms with Crippen molar-refractivity contribution >= 4 is 11.8 Å². The molecule has 1 heterocycles. The van der Waals surface area contributed by atoms with Crippen LogP contribution >= 0.6 is 0 Å². The molecule has 1 N–H and O–H groups in total. The molecule has 2 aliphatic rings. The summed E-state index contributed by atoms with van der Waals surface area (Å²) >= 11 is 0. The summed E-state index contributed by atoms with van der Waals surface area (Å²) in [5, 5.41) is 2.91. The van der Waals surface area contributed by atoms with Gasteiger partial charge in [-0.15, -0.1) is 0 Å². The zero-order valence-electron chi connectivity index (χ0n) is 16.6. The number of hydrogen-bond acceptors (Lipinski definition) is 3. The molecular formula is C22H33N3O2. The predicted molar refractivity (Wildman–Crippen MR) is 108 cm³/mol. The number of carbonyl (C=O) groups excluding carboxylic acids is 2. The van der Waals surface area contributed by atoms with E-state index in [1.807, 2.05) is 24.0 Å². The quantitative estimate of drug-likeness (QED) is 0.836. The van der Waals surface area contributed by atoms with E-state index in [0.29, 0.717) is 25.6 Å². The van der Waals surface area contributed by atoms with E-state index in [2.05, 4.69) is 22.3 Å². The second-order valence-electron chi connectivity index (χ2n) is 7.88. The third-order valence-electron chi connectivity index (χ3n) is 5.83. The normalized spacial score (nSPS) is 19.1. The Kier molecular flexibility index (Phi) is 7.27. The fourth-order valence-electron chi connectivity index (χ4n) is 4.15. The molecule has 5 nitrogen and oxygen atoms in total. The lowest BCUT2D eigenvalue weighted by atomic mass is 9.84. The molecule has 0 unspecified atom stereocenters. The van der Waals surface area contributed by atoms with Gasteiger partial charge in [-0.3, -0.25) is 14.5 Å². The summed E-state index contributed by atoms with van der Waals surface area (Å²) in [6, 6.07) is 8.29. The summed E-state index contributed by atoms with van der Waals surface area (Å²) in [5.41, 5.74) is 2.16. The molecule has 0 aromatic heterocycles. The van der Waals surface area contributed by atoms with Gasteiger partial charge >= 0.3 is 0 Å². The molecule has 2 fully saturated rings. The molecular weight excluding hydrogens is 338 g/mol. The van der Waals surface area contributed by atoms with Gasteiger partial charge in [-0.25, -0.2) is 0 Å². The second-order valence-corrected chi connectivity index (χ2v) is 7.88. The number of carbonyl (C=O) groups is 2. The van der Waals surface area contributed by atoms with Gasteiger partial charge in [0.05, 0.1) is 6.54 Å². The molecule has 0 radical (unpaired) electrons. The maximum absolute atomic E-state index is 12.8. The standard InChI is InChI=1S/C22H33N3O2/c1-2-12-23-21(26)17-24-13-15-25(16-14-24)22(27)20-10-8-19(9-11-20)18-6-4-3-5-7-18/h8-11,18H,2-7,12-17H2,1H3,(H,23,26). The zero-order valence-corrected chi connectivity index (χ0v) is 16.6. The number of piperazine rings is 1.